The quantitative estimate of drug-likeness (QED) is 0.230. The molecule has 0 aromatic heterocycles. The summed E-state index contributed by atoms with van der Waals surface area (Å²) in [5.41, 5.74) is 0. The first-order chi connectivity index (χ1) is 12.5. The molecular formula is C21H47NO3S. The molecule has 0 aromatic rings. The van der Waals surface area contributed by atoms with E-state index in [0.29, 0.717) is 6.61 Å². The van der Waals surface area contributed by atoms with Gasteiger partial charge in [-0.1, -0.05) is 103 Å². The lowest BCUT2D eigenvalue weighted by Crippen LogP contribution is -1.99. The van der Waals surface area contributed by atoms with Gasteiger partial charge in [0.2, 0.25) is 0 Å². The van der Waals surface area contributed by atoms with Crippen molar-refractivity contribution in [2.24, 2.45) is 0 Å². The van der Waals surface area contributed by atoms with Crippen LogP contribution in [0, 0.1) is 0 Å². The fraction of sp³-hybridized carbons (Fsp3) is 1.00. The Morgan fingerprint density at radius 1 is 0.577 bits per heavy atom. The highest BCUT2D eigenvalue weighted by molar-refractivity contribution is 7.67. The van der Waals surface area contributed by atoms with Gasteiger partial charge in [0.15, 0.2) is 0 Å². The molecule has 0 fully saturated rings. The third-order valence-corrected chi connectivity index (χ3v) is 4.59. The number of hydrogen-bond acceptors (Lipinski definition) is 4. The minimum atomic E-state index is -2.64. The molecule has 0 saturated carbocycles. The van der Waals surface area contributed by atoms with E-state index in [2.05, 4.69) is 11.1 Å². The lowest BCUT2D eigenvalue weighted by Gasteiger charge is -2.03. The molecule has 0 aromatic carbocycles. The third kappa shape index (κ3) is 35.1. The average Bonchev–Trinajstić information content (AvgIpc) is 2.57. The summed E-state index contributed by atoms with van der Waals surface area (Å²) in [5.74, 6) is 0. The van der Waals surface area contributed by atoms with E-state index in [0.717, 1.165) is 12.8 Å². The predicted octanol–water partition coefficient (Wildman–Crippen LogP) is 5.97. The molecule has 0 radical (unpaired) electrons. The van der Waals surface area contributed by atoms with Crippen molar-refractivity contribution in [3.63, 3.8) is 0 Å². The molecule has 0 rings (SSSR count). The minimum absolute atomic E-state index is 0.358. The molecule has 26 heavy (non-hydrogen) atoms. The topological polar surface area (TPSA) is 46.6 Å². The van der Waals surface area contributed by atoms with Gasteiger partial charge < -0.3 is 4.90 Å². The molecule has 0 aliphatic heterocycles. The summed E-state index contributed by atoms with van der Waals surface area (Å²) in [6.07, 6.45) is 21.2. The Kier molecular flexibility index (Phi) is 26.9. The number of thiol groups is 1. The van der Waals surface area contributed by atoms with E-state index in [9.17, 15) is 8.42 Å². The van der Waals surface area contributed by atoms with Crippen LogP contribution in [0.25, 0.3) is 0 Å². The van der Waals surface area contributed by atoms with E-state index in [-0.39, 0.29) is 0 Å². The van der Waals surface area contributed by atoms with Gasteiger partial charge in [0.1, 0.15) is 0 Å². The van der Waals surface area contributed by atoms with Crippen molar-refractivity contribution in [3.8, 4) is 0 Å². The molecule has 0 heterocycles. The first-order valence-corrected chi connectivity index (χ1v) is 12.0. The Bertz CT molecular complexity index is 310. The number of hydrogen-bond donors (Lipinski definition) is 1. The first-order valence-electron chi connectivity index (χ1n) is 10.9. The number of rotatable bonds is 18. The molecule has 0 atom stereocenters. The second-order valence-electron chi connectivity index (χ2n) is 7.70. The first kappa shape index (κ1) is 28.1. The van der Waals surface area contributed by atoms with Gasteiger partial charge in [-0.05, 0) is 27.6 Å². The van der Waals surface area contributed by atoms with E-state index in [1.807, 2.05) is 26.0 Å². The van der Waals surface area contributed by atoms with E-state index in [1.54, 1.807) is 0 Å². The predicted molar refractivity (Wildman–Crippen MR) is 115 cm³/mol. The van der Waals surface area contributed by atoms with Crippen LogP contribution in [0.1, 0.15) is 110 Å². The van der Waals surface area contributed by atoms with Gasteiger partial charge in [-0.15, -0.1) is 0 Å². The fourth-order valence-corrected chi connectivity index (χ4v) is 3.07. The molecule has 5 heteroatoms. The van der Waals surface area contributed by atoms with Crippen molar-refractivity contribution in [1.82, 2.24) is 4.90 Å². The van der Waals surface area contributed by atoms with E-state index in [4.69, 9.17) is 0 Å². The van der Waals surface area contributed by atoms with Gasteiger partial charge in [-0.3, -0.25) is 4.18 Å². The van der Waals surface area contributed by atoms with Crippen LogP contribution in [-0.2, 0) is 15.2 Å². The van der Waals surface area contributed by atoms with Crippen molar-refractivity contribution in [2.75, 3.05) is 27.7 Å². The zero-order valence-corrected chi connectivity index (χ0v) is 19.0. The maximum atomic E-state index is 10.2. The van der Waals surface area contributed by atoms with Crippen molar-refractivity contribution in [3.05, 3.63) is 0 Å². The summed E-state index contributed by atoms with van der Waals surface area (Å²) < 4.78 is 24.9. The lowest BCUT2D eigenvalue weighted by molar-refractivity contribution is 0.319. The van der Waals surface area contributed by atoms with Crippen LogP contribution < -0.4 is 0 Å². The highest BCUT2D eigenvalue weighted by Crippen LogP contribution is 2.13. The molecule has 0 amide bonds. The molecule has 0 bridgehead atoms. The van der Waals surface area contributed by atoms with Crippen molar-refractivity contribution in [2.45, 2.75) is 110 Å². The van der Waals surface area contributed by atoms with Gasteiger partial charge in [-0.2, -0.15) is 0 Å². The van der Waals surface area contributed by atoms with Crippen molar-refractivity contribution >= 4 is 11.0 Å². The Balaban J connectivity index is 0. The summed E-state index contributed by atoms with van der Waals surface area (Å²) >= 11 is 0. The largest absolute Gasteiger partial charge is 0.312 e. The highest BCUT2D eigenvalue weighted by Gasteiger charge is 1.95. The Morgan fingerprint density at radius 3 is 1.12 bits per heavy atom. The molecular weight excluding hydrogens is 346 g/mol. The second-order valence-corrected chi connectivity index (χ2v) is 8.41. The molecule has 4 nitrogen and oxygen atoms in total. The summed E-state index contributed by atoms with van der Waals surface area (Å²) in [5, 5.41) is 0. The van der Waals surface area contributed by atoms with Crippen molar-refractivity contribution in [1.29, 1.82) is 0 Å². The maximum Gasteiger partial charge on any atom is 0.257 e. The number of nitrogens with zero attached hydrogens (tertiary/aromatic N) is 1. The molecule has 160 valence electrons. The second kappa shape index (κ2) is 24.9. The van der Waals surface area contributed by atoms with Crippen LogP contribution in [0.5, 0.6) is 0 Å². The fourth-order valence-electron chi connectivity index (χ4n) is 2.79. The summed E-state index contributed by atoms with van der Waals surface area (Å²) in [4.78, 5) is 2.00. The Labute approximate surface area is 166 Å². The van der Waals surface area contributed by atoms with Crippen LogP contribution >= 0.6 is 0 Å². The van der Waals surface area contributed by atoms with E-state index >= 15 is 0 Å². The van der Waals surface area contributed by atoms with Gasteiger partial charge in [0, 0.05) is 0 Å². The Morgan fingerprint density at radius 2 is 0.846 bits per heavy atom. The van der Waals surface area contributed by atoms with E-state index < -0.39 is 11.0 Å². The molecule has 0 saturated heterocycles. The van der Waals surface area contributed by atoms with Gasteiger partial charge in [-0.25, -0.2) is 8.42 Å². The summed E-state index contributed by atoms with van der Waals surface area (Å²) in [6.45, 7) is 2.63. The molecule has 0 unspecified atom stereocenters. The van der Waals surface area contributed by atoms with Crippen LogP contribution in [0.2, 0.25) is 0 Å². The molecule has 0 aliphatic rings. The third-order valence-electron chi connectivity index (χ3n) is 4.19. The number of unbranched alkanes of at least 4 members (excludes halogenated alkanes) is 15. The standard InChI is InChI=1S/C18H38O3S.C3H9N/c1-2-3-4-5-6-7-8-9-10-11-12-13-14-15-16-17-18-21-22(19)20;1-4(2)3/h22H,2-18H2,1H3;1-3H3. The Hall–Kier alpha value is -0.130. The smallest absolute Gasteiger partial charge is 0.257 e. The SMILES string of the molecule is CCCCCCCCCCCCCCCCCCO[SH](=O)=O.CN(C)C. The zero-order valence-electron chi connectivity index (χ0n) is 18.1. The van der Waals surface area contributed by atoms with Gasteiger partial charge in [0.05, 0.1) is 6.61 Å². The zero-order chi connectivity index (χ0) is 19.9. The highest BCUT2D eigenvalue weighted by atomic mass is 32.2. The monoisotopic (exact) mass is 393 g/mol. The average molecular weight is 394 g/mol. The molecule has 0 aliphatic carbocycles. The van der Waals surface area contributed by atoms with Crippen LogP contribution in [0.4, 0.5) is 0 Å². The summed E-state index contributed by atoms with van der Waals surface area (Å²) in [6, 6.07) is 0. The molecule has 0 N–H and O–H groups in total. The maximum absolute atomic E-state index is 10.2. The normalized spacial score (nSPS) is 11.0. The van der Waals surface area contributed by atoms with Crippen LogP contribution in [-0.4, -0.2) is 41.1 Å². The van der Waals surface area contributed by atoms with Crippen LogP contribution in [0.15, 0.2) is 0 Å². The lowest BCUT2D eigenvalue weighted by atomic mass is 10.0. The van der Waals surface area contributed by atoms with Crippen LogP contribution in [0.3, 0.4) is 0 Å². The summed E-state index contributed by atoms with van der Waals surface area (Å²) in [7, 11) is 3.36. The minimum Gasteiger partial charge on any atom is -0.312 e. The van der Waals surface area contributed by atoms with E-state index in [1.165, 1.54) is 89.9 Å². The van der Waals surface area contributed by atoms with Crippen molar-refractivity contribution < 1.29 is 12.6 Å². The van der Waals surface area contributed by atoms with Gasteiger partial charge in [0.25, 0.3) is 11.0 Å². The van der Waals surface area contributed by atoms with Gasteiger partial charge >= 0.3 is 0 Å². The molecule has 0 spiro atoms.